The summed E-state index contributed by atoms with van der Waals surface area (Å²) in [5.41, 5.74) is 4.06. The average molecular weight is 516 g/mol. The van der Waals surface area contributed by atoms with Crippen LogP contribution in [0.3, 0.4) is 0 Å². The number of alkyl carbamates (subject to hydrolysis) is 1. The molecule has 1 saturated heterocycles. The molecular weight excluding hydrogens is 486 g/mol. The molecule has 0 spiro atoms. The van der Waals surface area contributed by atoms with Gasteiger partial charge in [-0.25, -0.2) is 4.79 Å². The van der Waals surface area contributed by atoms with Crippen LogP contribution in [-0.4, -0.2) is 59.9 Å². The Morgan fingerprint density at radius 2 is 1.63 bits per heavy atom. The van der Waals surface area contributed by atoms with Crippen molar-refractivity contribution in [3.8, 4) is 0 Å². The minimum Gasteiger partial charge on any atom is -0.444 e. The summed E-state index contributed by atoms with van der Waals surface area (Å²) in [7, 11) is 0. The number of hydrogen-bond acceptors (Lipinski definition) is 7. The third-order valence-electron chi connectivity index (χ3n) is 7.17. The number of fused-ring (bicyclic) bond motifs is 3. The molecule has 196 valence electrons. The Morgan fingerprint density at radius 1 is 1.00 bits per heavy atom. The number of hydrogen-bond donors (Lipinski definition) is 3. The number of para-hydroxylation sites is 2. The fourth-order valence-electron chi connectivity index (χ4n) is 5.40. The predicted octanol–water partition coefficient (Wildman–Crippen LogP) is 3.18. The number of allylic oxidation sites excluding steroid dienone is 1. The molecule has 38 heavy (non-hydrogen) atoms. The number of rotatable bonds is 4. The van der Waals surface area contributed by atoms with Gasteiger partial charge in [0, 0.05) is 53.5 Å². The van der Waals surface area contributed by atoms with E-state index >= 15 is 0 Å². The molecule has 3 heterocycles. The average Bonchev–Trinajstić information content (AvgIpc) is 3.22. The number of ether oxygens (including phenoxy) is 1. The van der Waals surface area contributed by atoms with E-state index in [0.717, 1.165) is 22.5 Å². The largest absolute Gasteiger partial charge is 0.444 e. The molecule has 6 rings (SSSR count). The Labute approximate surface area is 220 Å². The van der Waals surface area contributed by atoms with Gasteiger partial charge in [-0.05, 0) is 32.9 Å². The van der Waals surface area contributed by atoms with Gasteiger partial charge in [-0.15, -0.1) is 0 Å². The maximum Gasteiger partial charge on any atom is 0.407 e. The highest BCUT2D eigenvalue weighted by Crippen LogP contribution is 2.45. The molecule has 2 aromatic carbocycles. The minimum atomic E-state index is -0.551. The lowest BCUT2D eigenvalue weighted by atomic mass is 10.0. The van der Waals surface area contributed by atoms with Crippen LogP contribution in [0.15, 0.2) is 59.4 Å². The Morgan fingerprint density at radius 3 is 2.32 bits per heavy atom. The Balaban J connectivity index is 1.12. The third kappa shape index (κ3) is 4.36. The van der Waals surface area contributed by atoms with Gasteiger partial charge < -0.3 is 30.4 Å². The number of nitrogens with zero attached hydrogens (tertiary/aromatic N) is 2. The number of likely N-dealkylation sites (tertiary alicyclic amines) is 1. The van der Waals surface area contributed by atoms with E-state index in [-0.39, 0.29) is 36.3 Å². The summed E-state index contributed by atoms with van der Waals surface area (Å²) >= 11 is 0. The summed E-state index contributed by atoms with van der Waals surface area (Å²) in [6, 6.07) is 15.1. The summed E-state index contributed by atoms with van der Waals surface area (Å²) in [5.74, 6) is 0.0491. The molecule has 1 aliphatic carbocycles. The van der Waals surface area contributed by atoms with Gasteiger partial charge in [0.2, 0.25) is 0 Å². The summed E-state index contributed by atoms with van der Waals surface area (Å²) in [6.07, 6.45) is -0.428. The second-order valence-corrected chi connectivity index (χ2v) is 10.9. The van der Waals surface area contributed by atoms with Gasteiger partial charge in [-0.2, -0.15) is 0 Å². The molecule has 10 heteroatoms. The Bertz CT molecular complexity index is 1400. The van der Waals surface area contributed by atoms with Crippen molar-refractivity contribution in [1.29, 1.82) is 0 Å². The highest BCUT2D eigenvalue weighted by atomic mass is 16.6. The molecule has 0 radical (unpaired) electrons. The van der Waals surface area contributed by atoms with Gasteiger partial charge in [0.05, 0.1) is 11.3 Å². The first-order chi connectivity index (χ1) is 18.2. The van der Waals surface area contributed by atoms with Crippen LogP contribution in [0.4, 0.5) is 16.2 Å². The van der Waals surface area contributed by atoms with Crippen molar-refractivity contribution in [3.05, 3.63) is 65.4 Å². The van der Waals surface area contributed by atoms with E-state index in [4.69, 9.17) is 9.57 Å². The standard InChI is InChI=1S/C28H29N5O5/c1-28(2,3)38-27(36)31-23-17-12-33(13-18(17)23)21(34)14-37-32-24-16-9-5-7-11-20(16)29-25(24)22-15-8-4-6-10-19(15)30-26(22)35/h4-11,17-18,23,29H,12-14H2,1-3H3,(H,30,35)(H,31,36)/b25-22-,32-24+/t17-,18+,23?. The van der Waals surface area contributed by atoms with Crippen LogP contribution in [0.25, 0.3) is 5.57 Å². The van der Waals surface area contributed by atoms with Crippen LogP contribution in [0.5, 0.6) is 0 Å². The fraction of sp³-hybridized carbons (Fsp3) is 0.357. The number of carbonyl (C=O) groups is 3. The lowest BCUT2D eigenvalue weighted by Gasteiger charge is -2.22. The lowest BCUT2D eigenvalue weighted by Crippen LogP contribution is -2.40. The van der Waals surface area contributed by atoms with Gasteiger partial charge in [0.15, 0.2) is 6.61 Å². The minimum absolute atomic E-state index is 0.0331. The molecule has 1 saturated carbocycles. The van der Waals surface area contributed by atoms with Crippen molar-refractivity contribution in [2.24, 2.45) is 17.0 Å². The molecule has 3 atom stereocenters. The maximum absolute atomic E-state index is 12.9. The number of anilines is 2. The fourth-order valence-corrected chi connectivity index (χ4v) is 5.40. The van der Waals surface area contributed by atoms with E-state index in [1.165, 1.54) is 0 Å². The van der Waals surface area contributed by atoms with Crippen molar-refractivity contribution in [3.63, 3.8) is 0 Å². The smallest absolute Gasteiger partial charge is 0.407 e. The molecule has 0 bridgehead atoms. The van der Waals surface area contributed by atoms with Crippen LogP contribution < -0.4 is 16.0 Å². The van der Waals surface area contributed by atoms with E-state index < -0.39 is 11.7 Å². The van der Waals surface area contributed by atoms with Gasteiger partial charge in [-0.3, -0.25) is 9.59 Å². The maximum atomic E-state index is 12.9. The zero-order valence-electron chi connectivity index (χ0n) is 21.4. The second-order valence-electron chi connectivity index (χ2n) is 10.9. The van der Waals surface area contributed by atoms with Gasteiger partial charge in [0.1, 0.15) is 11.3 Å². The third-order valence-corrected chi connectivity index (χ3v) is 7.17. The van der Waals surface area contributed by atoms with Crippen molar-refractivity contribution in [2.75, 3.05) is 30.3 Å². The number of benzene rings is 2. The Kier molecular flexibility index (Phi) is 5.62. The predicted molar refractivity (Wildman–Crippen MR) is 141 cm³/mol. The van der Waals surface area contributed by atoms with Gasteiger partial charge >= 0.3 is 6.09 Å². The van der Waals surface area contributed by atoms with E-state index in [0.29, 0.717) is 30.1 Å². The molecular formula is C28H29N5O5. The summed E-state index contributed by atoms with van der Waals surface area (Å²) in [5, 5.41) is 13.4. The van der Waals surface area contributed by atoms with E-state index in [1.807, 2.05) is 69.3 Å². The number of nitrogens with one attached hydrogen (secondary N) is 3. The van der Waals surface area contributed by atoms with Crippen LogP contribution in [0.2, 0.25) is 0 Å². The first kappa shape index (κ1) is 24.0. The van der Waals surface area contributed by atoms with Crippen molar-refractivity contribution in [1.82, 2.24) is 10.2 Å². The van der Waals surface area contributed by atoms with Gasteiger partial charge in [-0.1, -0.05) is 41.6 Å². The zero-order chi connectivity index (χ0) is 26.6. The lowest BCUT2D eigenvalue weighted by molar-refractivity contribution is -0.135. The number of carbonyl (C=O) groups excluding carboxylic acids is 3. The molecule has 0 aromatic heterocycles. The molecule has 3 N–H and O–H groups in total. The topological polar surface area (TPSA) is 121 Å². The summed E-state index contributed by atoms with van der Waals surface area (Å²) < 4.78 is 5.33. The summed E-state index contributed by atoms with van der Waals surface area (Å²) in [6.45, 7) is 6.36. The van der Waals surface area contributed by atoms with Crippen molar-refractivity contribution in [2.45, 2.75) is 32.4 Å². The second kappa shape index (κ2) is 8.90. The zero-order valence-corrected chi connectivity index (χ0v) is 21.4. The van der Waals surface area contributed by atoms with Crippen molar-refractivity contribution >= 4 is 40.6 Å². The number of amides is 3. The van der Waals surface area contributed by atoms with Crippen LogP contribution in [-0.2, 0) is 19.2 Å². The first-order valence-corrected chi connectivity index (χ1v) is 12.7. The molecule has 1 unspecified atom stereocenters. The molecule has 2 fully saturated rings. The molecule has 2 aromatic rings. The van der Waals surface area contributed by atoms with E-state index in [2.05, 4.69) is 21.1 Å². The molecule has 3 aliphatic heterocycles. The Hall–Kier alpha value is -4.34. The molecule has 10 nitrogen and oxygen atoms in total. The monoisotopic (exact) mass is 515 g/mol. The van der Waals surface area contributed by atoms with Gasteiger partial charge in [0.25, 0.3) is 11.8 Å². The van der Waals surface area contributed by atoms with Crippen LogP contribution >= 0.6 is 0 Å². The van der Waals surface area contributed by atoms with E-state index in [1.54, 1.807) is 4.90 Å². The normalized spacial score (nSPS) is 25.8. The summed E-state index contributed by atoms with van der Waals surface area (Å²) in [4.78, 5) is 45.0. The quantitative estimate of drug-likeness (QED) is 0.425. The first-order valence-electron chi connectivity index (χ1n) is 12.7. The number of oxime groups is 1. The number of piperidine rings is 1. The van der Waals surface area contributed by atoms with Crippen LogP contribution in [0, 0.1) is 11.8 Å². The van der Waals surface area contributed by atoms with Crippen LogP contribution in [0.1, 0.15) is 31.9 Å². The highest BCUT2D eigenvalue weighted by Gasteiger charge is 2.57. The SMILES string of the molecule is CC(C)(C)OC(=O)NC1[C@H]2CN(C(=O)CO/N=C3/C(=C4/C(=O)Nc5ccccc54)Nc4ccccc43)C[C@@H]12. The highest BCUT2D eigenvalue weighted by molar-refractivity contribution is 6.39. The molecule has 3 amide bonds. The molecule has 4 aliphatic rings. The van der Waals surface area contributed by atoms with E-state index in [9.17, 15) is 14.4 Å². The van der Waals surface area contributed by atoms with Crippen molar-refractivity contribution < 1.29 is 24.0 Å².